The van der Waals surface area contributed by atoms with Crippen molar-refractivity contribution in [2.75, 3.05) is 0 Å². The SMILES string of the molecule is CCCCC#CC(=O)c1ccc(C#N)cc1. The Morgan fingerprint density at radius 2 is 2.00 bits per heavy atom. The van der Waals surface area contributed by atoms with Gasteiger partial charge in [0.1, 0.15) is 0 Å². The number of unbranched alkanes of at least 4 members (excludes halogenated alkanes) is 2. The van der Waals surface area contributed by atoms with Gasteiger partial charge < -0.3 is 0 Å². The summed E-state index contributed by atoms with van der Waals surface area (Å²) in [5.41, 5.74) is 1.10. The van der Waals surface area contributed by atoms with Crippen LogP contribution >= 0.6 is 0 Å². The number of nitrogens with zero attached hydrogens (tertiary/aromatic N) is 1. The Kier molecular flexibility index (Phi) is 4.83. The van der Waals surface area contributed by atoms with E-state index < -0.39 is 0 Å². The molecule has 0 amide bonds. The van der Waals surface area contributed by atoms with E-state index in [9.17, 15) is 4.79 Å². The molecule has 0 bridgehead atoms. The Morgan fingerprint density at radius 1 is 1.31 bits per heavy atom. The minimum atomic E-state index is -0.180. The van der Waals surface area contributed by atoms with Crippen molar-refractivity contribution in [3.8, 4) is 17.9 Å². The summed E-state index contributed by atoms with van der Waals surface area (Å²) in [4.78, 5) is 11.6. The maximum atomic E-state index is 11.6. The van der Waals surface area contributed by atoms with E-state index in [0.29, 0.717) is 11.1 Å². The number of hydrogen-bond donors (Lipinski definition) is 0. The van der Waals surface area contributed by atoms with Gasteiger partial charge in [0.25, 0.3) is 0 Å². The fourth-order valence-electron chi connectivity index (χ4n) is 1.18. The summed E-state index contributed by atoms with van der Waals surface area (Å²) in [6.07, 6.45) is 2.87. The van der Waals surface area contributed by atoms with Crippen LogP contribution in [0.25, 0.3) is 0 Å². The standard InChI is InChI=1S/C14H13NO/c1-2-3-4-5-6-14(16)13-9-7-12(11-15)8-10-13/h7-10H,2-4H2,1H3. The zero-order valence-electron chi connectivity index (χ0n) is 9.29. The number of nitriles is 1. The van der Waals surface area contributed by atoms with Gasteiger partial charge >= 0.3 is 0 Å². The maximum absolute atomic E-state index is 11.6. The first-order valence-corrected chi connectivity index (χ1v) is 5.31. The predicted molar refractivity (Wildman–Crippen MR) is 62.8 cm³/mol. The molecular weight excluding hydrogens is 198 g/mol. The van der Waals surface area contributed by atoms with E-state index in [4.69, 9.17) is 5.26 Å². The van der Waals surface area contributed by atoms with Crippen molar-refractivity contribution in [1.82, 2.24) is 0 Å². The number of benzene rings is 1. The first-order chi connectivity index (χ1) is 7.77. The van der Waals surface area contributed by atoms with Crippen molar-refractivity contribution in [1.29, 1.82) is 5.26 Å². The number of rotatable bonds is 3. The van der Waals surface area contributed by atoms with E-state index in [-0.39, 0.29) is 5.78 Å². The number of Topliss-reactive ketones (excluding diaryl/α,β-unsaturated/α-hetero) is 1. The zero-order chi connectivity index (χ0) is 11.8. The highest BCUT2D eigenvalue weighted by Crippen LogP contribution is 2.03. The van der Waals surface area contributed by atoms with Crippen molar-refractivity contribution in [2.24, 2.45) is 0 Å². The Balaban J connectivity index is 2.65. The lowest BCUT2D eigenvalue weighted by Crippen LogP contribution is -1.94. The van der Waals surface area contributed by atoms with E-state index in [1.54, 1.807) is 24.3 Å². The molecule has 0 unspecified atom stereocenters. The molecule has 80 valence electrons. The van der Waals surface area contributed by atoms with E-state index in [2.05, 4.69) is 18.8 Å². The molecule has 0 heterocycles. The lowest BCUT2D eigenvalue weighted by atomic mass is 10.1. The highest BCUT2D eigenvalue weighted by Gasteiger charge is 2.00. The lowest BCUT2D eigenvalue weighted by molar-refractivity contribution is 0.105. The normalized spacial score (nSPS) is 8.75. The lowest BCUT2D eigenvalue weighted by Gasteiger charge is -1.93. The van der Waals surface area contributed by atoms with Gasteiger partial charge in [-0.1, -0.05) is 19.3 Å². The summed E-state index contributed by atoms with van der Waals surface area (Å²) in [7, 11) is 0. The fourth-order valence-corrected chi connectivity index (χ4v) is 1.18. The third kappa shape index (κ3) is 3.59. The fraction of sp³-hybridized carbons (Fsp3) is 0.286. The highest BCUT2D eigenvalue weighted by atomic mass is 16.1. The second-order valence-electron chi connectivity index (χ2n) is 3.42. The van der Waals surface area contributed by atoms with Gasteiger partial charge in [0.2, 0.25) is 5.78 Å². The number of carbonyl (C=O) groups excluding carboxylic acids is 1. The van der Waals surface area contributed by atoms with Crippen LogP contribution in [-0.4, -0.2) is 5.78 Å². The number of hydrogen-bond acceptors (Lipinski definition) is 2. The summed E-state index contributed by atoms with van der Waals surface area (Å²) < 4.78 is 0. The molecule has 0 N–H and O–H groups in total. The summed E-state index contributed by atoms with van der Waals surface area (Å²) in [5.74, 6) is 5.27. The Hall–Kier alpha value is -2.06. The molecule has 0 radical (unpaired) electrons. The van der Waals surface area contributed by atoms with Crippen LogP contribution in [0.3, 0.4) is 0 Å². The van der Waals surface area contributed by atoms with Crippen LogP contribution in [0.2, 0.25) is 0 Å². The van der Waals surface area contributed by atoms with Gasteiger partial charge in [0, 0.05) is 12.0 Å². The maximum Gasteiger partial charge on any atom is 0.235 e. The van der Waals surface area contributed by atoms with Gasteiger partial charge in [-0.15, -0.1) is 0 Å². The molecule has 1 aromatic rings. The molecule has 0 aliphatic heterocycles. The van der Waals surface area contributed by atoms with Crippen LogP contribution < -0.4 is 0 Å². The molecule has 1 rings (SSSR count). The minimum Gasteiger partial charge on any atom is -0.279 e. The zero-order valence-corrected chi connectivity index (χ0v) is 9.29. The Labute approximate surface area is 95.9 Å². The molecule has 0 spiro atoms. The predicted octanol–water partition coefficient (Wildman–Crippen LogP) is 2.93. The largest absolute Gasteiger partial charge is 0.279 e. The van der Waals surface area contributed by atoms with Crippen LogP contribution in [0.4, 0.5) is 0 Å². The smallest absolute Gasteiger partial charge is 0.235 e. The molecule has 1 aromatic carbocycles. The minimum absolute atomic E-state index is 0.180. The Bertz CT molecular complexity index is 454. The van der Waals surface area contributed by atoms with Crippen LogP contribution in [0.1, 0.15) is 42.1 Å². The summed E-state index contributed by atoms with van der Waals surface area (Å²) >= 11 is 0. The summed E-state index contributed by atoms with van der Waals surface area (Å²) in [6.45, 7) is 2.09. The molecule has 0 saturated heterocycles. The number of ketones is 1. The molecule has 0 fully saturated rings. The molecule has 0 aliphatic rings. The van der Waals surface area contributed by atoms with Crippen molar-refractivity contribution in [3.63, 3.8) is 0 Å². The van der Waals surface area contributed by atoms with Gasteiger partial charge in [-0.05, 0) is 36.6 Å². The molecule has 2 nitrogen and oxygen atoms in total. The van der Waals surface area contributed by atoms with Gasteiger partial charge in [-0.3, -0.25) is 4.79 Å². The van der Waals surface area contributed by atoms with Gasteiger partial charge in [-0.2, -0.15) is 5.26 Å². The van der Waals surface area contributed by atoms with Crippen LogP contribution in [0.5, 0.6) is 0 Å². The van der Waals surface area contributed by atoms with Crippen molar-refractivity contribution in [3.05, 3.63) is 35.4 Å². The summed E-state index contributed by atoms with van der Waals surface area (Å²) in [6, 6.07) is 8.53. The molecule has 0 aromatic heterocycles. The van der Waals surface area contributed by atoms with Gasteiger partial charge in [0.05, 0.1) is 11.6 Å². The van der Waals surface area contributed by atoms with Gasteiger partial charge in [0.15, 0.2) is 0 Å². The van der Waals surface area contributed by atoms with Crippen molar-refractivity contribution in [2.45, 2.75) is 26.2 Å². The topological polar surface area (TPSA) is 40.9 Å². The van der Waals surface area contributed by atoms with Crippen molar-refractivity contribution >= 4 is 5.78 Å². The molecule has 2 heteroatoms. The quantitative estimate of drug-likeness (QED) is 0.334. The molecule has 0 aliphatic carbocycles. The third-order valence-electron chi connectivity index (χ3n) is 2.13. The van der Waals surface area contributed by atoms with Gasteiger partial charge in [-0.25, -0.2) is 0 Å². The molecule has 0 atom stereocenters. The van der Waals surface area contributed by atoms with E-state index >= 15 is 0 Å². The first kappa shape index (κ1) is 12.0. The average Bonchev–Trinajstić information content (AvgIpc) is 2.34. The average molecular weight is 211 g/mol. The Morgan fingerprint density at radius 3 is 2.56 bits per heavy atom. The number of carbonyl (C=O) groups is 1. The van der Waals surface area contributed by atoms with E-state index in [1.807, 2.05) is 6.07 Å². The molecular formula is C14H13NO. The molecule has 0 saturated carbocycles. The molecule has 16 heavy (non-hydrogen) atoms. The third-order valence-corrected chi connectivity index (χ3v) is 2.13. The van der Waals surface area contributed by atoms with Crippen LogP contribution in [0, 0.1) is 23.2 Å². The summed E-state index contributed by atoms with van der Waals surface area (Å²) in [5, 5.41) is 8.60. The van der Waals surface area contributed by atoms with E-state index in [0.717, 1.165) is 19.3 Å². The second-order valence-corrected chi connectivity index (χ2v) is 3.42. The van der Waals surface area contributed by atoms with Crippen LogP contribution in [-0.2, 0) is 0 Å². The van der Waals surface area contributed by atoms with E-state index in [1.165, 1.54) is 0 Å². The van der Waals surface area contributed by atoms with Crippen molar-refractivity contribution < 1.29 is 4.79 Å². The van der Waals surface area contributed by atoms with Crippen LogP contribution in [0.15, 0.2) is 24.3 Å². The highest BCUT2D eigenvalue weighted by molar-refractivity contribution is 6.08. The monoisotopic (exact) mass is 211 g/mol. The second kappa shape index (κ2) is 6.43. The first-order valence-electron chi connectivity index (χ1n) is 5.31.